The number of primary amides is 1. The van der Waals surface area contributed by atoms with Crippen LogP contribution in [-0.4, -0.2) is 30.2 Å². The standard InChI is InChI=1S/C15H16N6O/c1-10(2)21-9-17-19-15(21)11-5-3-7-13(18-11)20-8-4-6-12(20)14(16)22/h3-10H,1-2H3,(H2,16,22). The number of hydrogen-bond acceptors (Lipinski definition) is 4. The number of amides is 1. The molecule has 0 radical (unpaired) electrons. The molecule has 2 N–H and O–H groups in total. The number of carbonyl (C=O) groups is 1. The zero-order valence-electron chi connectivity index (χ0n) is 12.3. The molecule has 0 saturated heterocycles. The molecule has 0 aromatic carbocycles. The Kier molecular flexibility index (Phi) is 3.46. The van der Waals surface area contributed by atoms with E-state index in [1.165, 1.54) is 0 Å². The molecule has 3 aromatic rings. The fourth-order valence-electron chi connectivity index (χ4n) is 2.27. The molecule has 0 aliphatic rings. The van der Waals surface area contributed by atoms with Crippen molar-refractivity contribution in [2.24, 2.45) is 5.73 Å². The number of nitrogens with two attached hydrogens (primary N) is 1. The lowest BCUT2D eigenvalue weighted by Gasteiger charge is -2.11. The van der Waals surface area contributed by atoms with Crippen molar-refractivity contribution in [3.05, 3.63) is 48.5 Å². The molecule has 0 saturated carbocycles. The van der Waals surface area contributed by atoms with Crippen LogP contribution in [0, 0.1) is 0 Å². The Labute approximate surface area is 127 Å². The Balaban J connectivity index is 2.08. The number of hydrogen-bond donors (Lipinski definition) is 1. The highest BCUT2D eigenvalue weighted by Crippen LogP contribution is 2.20. The van der Waals surface area contributed by atoms with E-state index < -0.39 is 5.91 Å². The third kappa shape index (κ3) is 2.37. The predicted molar refractivity (Wildman–Crippen MR) is 81.5 cm³/mol. The molecule has 3 heterocycles. The highest BCUT2D eigenvalue weighted by molar-refractivity contribution is 5.91. The summed E-state index contributed by atoms with van der Waals surface area (Å²) in [5.74, 6) is 0.793. The molecule has 0 aliphatic carbocycles. The van der Waals surface area contributed by atoms with Crippen molar-refractivity contribution in [1.29, 1.82) is 0 Å². The van der Waals surface area contributed by atoms with Gasteiger partial charge in [0.25, 0.3) is 5.91 Å². The van der Waals surface area contributed by atoms with Crippen LogP contribution in [0.5, 0.6) is 0 Å². The highest BCUT2D eigenvalue weighted by atomic mass is 16.1. The SMILES string of the molecule is CC(C)n1cnnc1-c1cccc(-n2cccc2C(N)=O)n1. The molecule has 0 spiro atoms. The molecule has 3 aromatic heterocycles. The summed E-state index contributed by atoms with van der Waals surface area (Å²) in [6, 6.07) is 9.18. The molecular weight excluding hydrogens is 280 g/mol. The third-order valence-electron chi connectivity index (χ3n) is 3.34. The van der Waals surface area contributed by atoms with Crippen LogP contribution >= 0.6 is 0 Å². The van der Waals surface area contributed by atoms with Crippen LogP contribution in [-0.2, 0) is 0 Å². The summed E-state index contributed by atoms with van der Waals surface area (Å²) in [4.78, 5) is 16.0. The number of nitrogens with zero attached hydrogens (tertiary/aromatic N) is 5. The Bertz CT molecular complexity index is 817. The molecule has 22 heavy (non-hydrogen) atoms. The van der Waals surface area contributed by atoms with Crippen LogP contribution in [0.4, 0.5) is 0 Å². The minimum Gasteiger partial charge on any atom is -0.364 e. The zero-order valence-corrected chi connectivity index (χ0v) is 12.3. The number of rotatable bonds is 4. The number of pyridine rings is 1. The average molecular weight is 296 g/mol. The van der Waals surface area contributed by atoms with Gasteiger partial charge in [-0.05, 0) is 38.1 Å². The fraction of sp³-hybridized carbons (Fsp3) is 0.200. The van der Waals surface area contributed by atoms with Crippen molar-refractivity contribution in [2.45, 2.75) is 19.9 Å². The van der Waals surface area contributed by atoms with E-state index in [1.54, 1.807) is 29.2 Å². The minimum absolute atomic E-state index is 0.225. The van der Waals surface area contributed by atoms with Crippen LogP contribution in [0.3, 0.4) is 0 Å². The van der Waals surface area contributed by atoms with Crippen LogP contribution in [0.25, 0.3) is 17.3 Å². The minimum atomic E-state index is -0.498. The number of aromatic nitrogens is 5. The smallest absolute Gasteiger partial charge is 0.265 e. The van der Waals surface area contributed by atoms with Gasteiger partial charge in [-0.3, -0.25) is 9.36 Å². The van der Waals surface area contributed by atoms with Gasteiger partial charge >= 0.3 is 0 Å². The van der Waals surface area contributed by atoms with E-state index >= 15 is 0 Å². The quantitative estimate of drug-likeness (QED) is 0.794. The fourth-order valence-corrected chi connectivity index (χ4v) is 2.27. The van der Waals surface area contributed by atoms with Crippen molar-refractivity contribution < 1.29 is 4.79 Å². The van der Waals surface area contributed by atoms with E-state index in [4.69, 9.17) is 5.73 Å². The maximum atomic E-state index is 11.5. The first-order chi connectivity index (χ1) is 10.6. The van der Waals surface area contributed by atoms with Gasteiger partial charge < -0.3 is 10.3 Å². The summed E-state index contributed by atoms with van der Waals surface area (Å²) in [7, 11) is 0. The van der Waals surface area contributed by atoms with Gasteiger partial charge in [0.05, 0.1) is 0 Å². The van der Waals surface area contributed by atoms with Crippen molar-refractivity contribution >= 4 is 5.91 Å². The maximum Gasteiger partial charge on any atom is 0.265 e. The Morgan fingerprint density at radius 2 is 2.05 bits per heavy atom. The van der Waals surface area contributed by atoms with Crippen molar-refractivity contribution in [3.8, 4) is 17.3 Å². The van der Waals surface area contributed by atoms with Crippen LogP contribution in [0.15, 0.2) is 42.9 Å². The molecular formula is C15H16N6O. The van der Waals surface area contributed by atoms with Gasteiger partial charge in [-0.25, -0.2) is 4.98 Å². The summed E-state index contributed by atoms with van der Waals surface area (Å²) in [6.45, 7) is 4.10. The molecule has 112 valence electrons. The zero-order chi connectivity index (χ0) is 15.7. The van der Waals surface area contributed by atoms with Gasteiger partial charge in [0, 0.05) is 12.2 Å². The second-order valence-corrected chi connectivity index (χ2v) is 5.16. The van der Waals surface area contributed by atoms with Gasteiger partial charge in [0.15, 0.2) is 5.82 Å². The summed E-state index contributed by atoms with van der Waals surface area (Å²) < 4.78 is 3.60. The molecule has 0 atom stereocenters. The highest BCUT2D eigenvalue weighted by Gasteiger charge is 2.14. The summed E-state index contributed by atoms with van der Waals surface area (Å²) >= 11 is 0. The molecule has 7 heteroatoms. The van der Waals surface area contributed by atoms with Gasteiger partial charge in [0.2, 0.25) is 0 Å². The van der Waals surface area contributed by atoms with Crippen LogP contribution in [0.2, 0.25) is 0 Å². The Morgan fingerprint density at radius 1 is 1.23 bits per heavy atom. The summed E-state index contributed by atoms with van der Waals surface area (Å²) in [5, 5.41) is 8.09. The molecule has 0 fully saturated rings. The van der Waals surface area contributed by atoms with E-state index in [9.17, 15) is 4.79 Å². The number of carbonyl (C=O) groups excluding carboxylic acids is 1. The molecule has 0 unspecified atom stereocenters. The topological polar surface area (TPSA) is 91.6 Å². The second kappa shape index (κ2) is 5.44. The van der Waals surface area contributed by atoms with Gasteiger partial charge in [-0.2, -0.15) is 0 Å². The monoisotopic (exact) mass is 296 g/mol. The van der Waals surface area contributed by atoms with Gasteiger partial charge in [-0.1, -0.05) is 6.07 Å². The van der Waals surface area contributed by atoms with E-state index in [0.29, 0.717) is 23.0 Å². The first-order valence-electron chi connectivity index (χ1n) is 6.92. The van der Waals surface area contributed by atoms with Crippen LogP contribution in [0.1, 0.15) is 30.4 Å². The summed E-state index contributed by atoms with van der Waals surface area (Å²) in [5.41, 5.74) is 6.45. The predicted octanol–water partition coefficient (Wildman–Crippen LogP) is 1.81. The third-order valence-corrected chi connectivity index (χ3v) is 3.34. The lowest BCUT2D eigenvalue weighted by atomic mass is 10.3. The van der Waals surface area contributed by atoms with Crippen molar-refractivity contribution in [2.75, 3.05) is 0 Å². The summed E-state index contributed by atoms with van der Waals surface area (Å²) in [6.07, 6.45) is 3.43. The van der Waals surface area contributed by atoms with Gasteiger partial charge in [-0.15, -0.1) is 10.2 Å². The van der Waals surface area contributed by atoms with Crippen molar-refractivity contribution in [3.63, 3.8) is 0 Å². The Hall–Kier alpha value is -2.96. The van der Waals surface area contributed by atoms with E-state index in [-0.39, 0.29) is 6.04 Å². The molecule has 0 bridgehead atoms. The lowest BCUT2D eigenvalue weighted by Crippen LogP contribution is -2.16. The largest absolute Gasteiger partial charge is 0.364 e. The molecule has 1 amide bonds. The molecule has 7 nitrogen and oxygen atoms in total. The average Bonchev–Trinajstić information content (AvgIpc) is 3.16. The normalized spacial score (nSPS) is 11.0. The molecule has 0 aliphatic heterocycles. The first-order valence-corrected chi connectivity index (χ1v) is 6.92. The van der Waals surface area contributed by atoms with Crippen LogP contribution < -0.4 is 5.73 Å². The molecule has 3 rings (SSSR count). The van der Waals surface area contributed by atoms with Gasteiger partial charge in [0.1, 0.15) is 23.5 Å². The second-order valence-electron chi connectivity index (χ2n) is 5.16. The van der Waals surface area contributed by atoms with E-state index in [2.05, 4.69) is 15.2 Å². The Morgan fingerprint density at radius 3 is 2.77 bits per heavy atom. The maximum absolute atomic E-state index is 11.5. The van der Waals surface area contributed by atoms with Crippen molar-refractivity contribution in [1.82, 2.24) is 24.3 Å². The first kappa shape index (κ1) is 14.0. The van der Waals surface area contributed by atoms with E-state index in [0.717, 1.165) is 0 Å². The lowest BCUT2D eigenvalue weighted by molar-refractivity contribution is 0.0994. The van der Waals surface area contributed by atoms with E-state index in [1.807, 2.05) is 36.6 Å².